The molecule has 1 atom stereocenters. The number of thiazole rings is 1. The summed E-state index contributed by atoms with van der Waals surface area (Å²) in [6, 6.07) is 10.1. The lowest BCUT2D eigenvalue weighted by atomic mass is 10.1. The van der Waals surface area contributed by atoms with Crippen molar-refractivity contribution in [2.75, 3.05) is 13.2 Å². The highest BCUT2D eigenvalue weighted by atomic mass is 32.1. The van der Waals surface area contributed by atoms with Gasteiger partial charge in [-0.2, -0.15) is 5.10 Å². The fraction of sp³-hybridized carbons (Fsp3) is 0.286. The minimum Gasteiger partial charge on any atom is -0.492 e. The third kappa shape index (κ3) is 1.97. The highest BCUT2D eigenvalue weighted by Crippen LogP contribution is 2.31. The van der Waals surface area contributed by atoms with Crippen LogP contribution in [0.3, 0.4) is 0 Å². The minimum absolute atomic E-state index is 0.215. The van der Waals surface area contributed by atoms with Crippen molar-refractivity contribution in [3.8, 4) is 5.75 Å². The van der Waals surface area contributed by atoms with Gasteiger partial charge in [-0.1, -0.05) is 29.5 Å². The van der Waals surface area contributed by atoms with Crippen LogP contribution in [-0.2, 0) is 6.42 Å². The normalized spacial score (nSPS) is 18.1. The van der Waals surface area contributed by atoms with Crippen LogP contribution < -0.4 is 10.1 Å². The molecule has 0 radical (unpaired) electrons. The van der Waals surface area contributed by atoms with E-state index < -0.39 is 0 Å². The monoisotopic (exact) mass is 286 g/mol. The van der Waals surface area contributed by atoms with E-state index >= 15 is 0 Å². The number of nitrogens with zero attached hydrogens (tertiary/aromatic N) is 3. The van der Waals surface area contributed by atoms with Crippen molar-refractivity contribution in [1.82, 2.24) is 19.9 Å². The van der Waals surface area contributed by atoms with E-state index in [-0.39, 0.29) is 6.04 Å². The Balaban J connectivity index is 1.58. The lowest BCUT2D eigenvalue weighted by Gasteiger charge is -2.23. The summed E-state index contributed by atoms with van der Waals surface area (Å²) < 4.78 is 7.82. The highest BCUT2D eigenvalue weighted by Gasteiger charge is 2.26. The first kappa shape index (κ1) is 11.9. The molecule has 2 aromatic heterocycles. The van der Waals surface area contributed by atoms with Gasteiger partial charge in [-0.3, -0.25) is 0 Å². The molecular weight excluding hydrogens is 272 g/mol. The smallest absolute Gasteiger partial charge is 0.212 e. The zero-order valence-corrected chi connectivity index (χ0v) is 11.6. The first-order valence-electron chi connectivity index (χ1n) is 6.64. The summed E-state index contributed by atoms with van der Waals surface area (Å²) in [7, 11) is 0. The molecule has 20 heavy (non-hydrogen) atoms. The fourth-order valence-corrected chi connectivity index (χ4v) is 3.68. The Labute approximate surface area is 120 Å². The Morgan fingerprint density at radius 2 is 2.25 bits per heavy atom. The van der Waals surface area contributed by atoms with Gasteiger partial charge in [-0.15, -0.1) is 0 Å². The maximum atomic E-state index is 5.87. The first-order valence-corrected chi connectivity index (χ1v) is 7.46. The topological polar surface area (TPSA) is 51.5 Å². The zero-order chi connectivity index (χ0) is 13.4. The molecule has 0 saturated heterocycles. The van der Waals surface area contributed by atoms with E-state index in [0.29, 0.717) is 6.61 Å². The van der Waals surface area contributed by atoms with Crippen LogP contribution >= 0.6 is 11.3 Å². The van der Waals surface area contributed by atoms with Crippen LogP contribution in [-0.4, -0.2) is 27.7 Å². The third-order valence-corrected chi connectivity index (χ3v) is 4.69. The largest absolute Gasteiger partial charge is 0.492 e. The van der Waals surface area contributed by atoms with Crippen LogP contribution in [0.5, 0.6) is 5.75 Å². The number of rotatable bonds is 3. The number of nitrogens with one attached hydrogen (secondary N) is 1. The molecule has 1 aliphatic heterocycles. The molecule has 1 unspecified atom stereocenters. The van der Waals surface area contributed by atoms with Gasteiger partial charge in [0.25, 0.3) is 0 Å². The third-order valence-electron chi connectivity index (χ3n) is 3.49. The van der Waals surface area contributed by atoms with E-state index in [9.17, 15) is 0 Å². The minimum atomic E-state index is 0.215. The van der Waals surface area contributed by atoms with Crippen LogP contribution in [0.2, 0.25) is 0 Å². The average molecular weight is 286 g/mol. The summed E-state index contributed by atoms with van der Waals surface area (Å²) in [6.07, 6.45) is 2.60. The number of benzene rings is 1. The van der Waals surface area contributed by atoms with Crippen molar-refractivity contribution in [1.29, 1.82) is 0 Å². The summed E-state index contributed by atoms with van der Waals surface area (Å²) >= 11 is 1.70. The molecule has 1 aromatic carbocycles. The van der Waals surface area contributed by atoms with Gasteiger partial charge in [-0.25, -0.2) is 9.50 Å². The number of hydrogen-bond acceptors (Lipinski definition) is 5. The second-order valence-corrected chi connectivity index (χ2v) is 5.76. The van der Waals surface area contributed by atoms with Crippen molar-refractivity contribution >= 4 is 16.3 Å². The molecule has 5 nitrogen and oxygen atoms in total. The van der Waals surface area contributed by atoms with Gasteiger partial charge in [0, 0.05) is 13.0 Å². The molecule has 0 fully saturated rings. The van der Waals surface area contributed by atoms with Crippen molar-refractivity contribution in [2.45, 2.75) is 12.5 Å². The molecule has 0 amide bonds. The predicted octanol–water partition coefficient (Wildman–Crippen LogP) is 2.06. The summed E-state index contributed by atoms with van der Waals surface area (Å²) in [5, 5.41) is 7.80. The standard InChI is InChI=1S/C14H14N4OS/c1-2-4-10(5-3-1)19-8-11-13-12(6-7-15-11)18-14(20-13)16-9-17-18/h1-5,9,11,15H,6-8H2. The molecule has 1 aliphatic rings. The van der Waals surface area contributed by atoms with Crippen molar-refractivity contribution in [2.24, 2.45) is 0 Å². The Hall–Kier alpha value is -1.92. The van der Waals surface area contributed by atoms with E-state index in [1.54, 1.807) is 17.7 Å². The summed E-state index contributed by atoms with van der Waals surface area (Å²) in [5.74, 6) is 0.904. The first-order chi connectivity index (χ1) is 9.92. The lowest BCUT2D eigenvalue weighted by Crippen LogP contribution is -2.33. The van der Waals surface area contributed by atoms with Crippen LogP contribution in [0.25, 0.3) is 4.96 Å². The van der Waals surface area contributed by atoms with Crippen molar-refractivity contribution in [3.05, 3.63) is 47.2 Å². The van der Waals surface area contributed by atoms with Gasteiger partial charge < -0.3 is 10.1 Å². The van der Waals surface area contributed by atoms with E-state index in [2.05, 4.69) is 15.4 Å². The quantitative estimate of drug-likeness (QED) is 0.800. The molecule has 3 heterocycles. The summed E-state index contributed by atoms with van der Waals surface area (Å²) in [6.45, 7) is 1.57. The number of fused-ring (bicyclic) bond motifs is 3. The molecule has 6 heteroatoms. The molecule has 4 rings (SSSR count). The van der Waals surface area contributed by atoms with Gasteiger partial charge in [0.1, 0.15) is 18.7 Å². The zero-order valence-electron chi connectivity index (χ0n) is 10.8. The number of para-hydroxylation sites is 1. The van der Waals surface area contributed by atoms with E-state index in [1.807, 2.05) is 34.8 Å². The maximum absolute atomic E-state index is 5.87. The van der Waals surface area contributed by atoms with Gasteiger partial charge >= 0.3 is 0 Å². The maximum Gasteiger partial charge on any atom is 0.212 e. The Morgan fingerprint density at radius 3 is 3.15 bits per heavy atom. The molecule has 0 aliphatic carbocycles. The van der Waals surface area contributed by atoms with E-state index in [4.69, 9.17) is 4.74 Å². The summed E-state index contributed by atoms with van der Waals surface area (Å²) in [4.78, 5) is 6.53. The van der Waals surface area contributed by atoms with Crippen LogP contribution in [0.1, 0.15) is 16.6 Å². The van der Waals surface area contributed by atoms with Gasteiger partial charge in [-0.05, 0) is 12.1 Å². The highest BCUT2D eigenvalue weighted by molar-refractivity contribution is 7.17. The second-order valence-electron chi connectivity index (χ2n) is 4.75. The molecule has 0 bridgehead atoms. The Morgan fingerprint density at radius 1 is 1.35 bits per heavy atom. The second kappa shape index (κ2) is 4.88. The van der Waals surface area contributed by atoms with Crippen molar-refractivity contribution in [3.63, 3.8) is 0 Å². The number of hydrogen-bond donors (Lipinski definition) is 1. The fourth-order valence-electron chi connectivity index (χ4n) is 2.54. The molecule has 0 saturated carbocycles. The van der Waals surface area contributed by atoms with Gasteiger partial charge in [0.05, 0.1) is 16.6 Å². The predicted molar refractivity (Wildman–Crippen MR) is 77.2 cm³/mol. The van der Waals surface area contributed by atoms with E-state index in [1.165, 1.54) is 10.6 Å². The van der Waals surface area contributed by atoms with Crippen LogP contribution in [0.15, 0.2) is 36.7 Å². The van der Waals surface area contributed by atoms with Crippen LogP contribution in [0, 0.1) is 0 Å². The molecule has 3 aromatic rings. The van der Waals surface area contributed by atoms with Crippen molar-refractivity contribution < 1.29 is 4.74 Å². The SMILES string of the molecule is c1ccc(OCC2NCCc3c2sc2ncnn32)cc1. The molecular formula is C14H14N4OS. The lowest BCUT2D eigenvalue weighted by molar-refractivity contribution is 0.263. The number of aromatic nitrogens is 3. The Kier molecular flexibility index (Phi) is 2.90. The van der Waals surface area contributed by atoms with Gasteiger partial charge in [0.2, 0.25) is 4.96 Å². The molecule has 102 valence electrons. The van der Waals surface area contributed by atoms with Crippen LogP contribution in [0.4, 0.5) is 0 Å². The molecule has 1 N–H and O–H groups in total. The number of ether oxygens (including phenoxy) is 1. The van der Waals surface area contributed by atoms with E-state index in [0.717, 1.165) is 23.7 Å². The van der Waals surface area contributed by atoms with Gasteiger partial charge in [0.15, 0.2) is 0 Å². The summed E-state index contributed by atoms with van der Waals surface area (Å²) in [5.41, 5.74) is 1.27. The Bertz CT molecular complexity index is 721. The molecule has 0 spiro atoms. The average Bonchev–Trinajstić information content (AvgIpc) is 3.07.